The molecule has 3 aromatic rings. The van der Waals surface area contributed by atoms with Crippen LogP contribution in [-0.4, -0.2) is 33.2 Å². The van der Waals surface area contributed by atoms with Crippen LogP contribution < -0.4 is 4.74 Å². The van der Waals surface area contributed by atoms with Gasteiger partial charge in [0, 0.05) is 6.21 Å². The first-order chi connectivity index (χ1) is 16.7. The van der Waals surface area contributed by atoms with Crippen LogP contribution in [0.25, 0.3) is 5.69 Å². The van der Waals surface area contributed by atoms with Crippen LogP contribution in [0.1, 0.15) is 23.7 Å². The standard InChI is InChI=1S/C21H12Cl2F6N4O2S/c1-2-35-16-5-10(3-4-15(16)34)9-31-19-18(36-21(27,28)29)14(8-30)32-33(19)17-12(22)6-11(7-13(17)23)20(24,25)26/h3-7,9,34H,2H2,1H3. The second kappa shape index (κ2) is 10.5. The number of hydrogen-bond donors (Lipinski definition) is 1. The fourth-order valence-corrected chi connectivity index (χ4v) is 4.19. The second-order valence-corrected chi connectivity index (χ2v) is 8.67. The van der Waals surface area contributed by atoms with Crippen LogP contribution in [-0.2, 0) is 6.18 Å². The average molecular weight is 569 g/mol. The van der Waals surface area contributed by atoms with Crippen molar-refractivity contribution < 1.29 is 36.2 Å². The number of hydrogen-bond acceptors (Lipinski definition) is 6. The summed E-state index contributed by atoms with van der Waals surface area (Å²) in [4.78, 5) is 3.29. The Hall–Kier alpha value is -3.08. The number of alkyl halides is 6. The number of aliphatic imine (C=N–C) groups is 1. The first kappa shape index (κ1) is 27.5. The average Bonchev–Trinajstić information content (AvgIpc) is 3.08. The summed E-state index contributed by atoms with van der Waals surface area (Å²) in [6, 6.07) is 6.54. The van der Waals surface area contributed by atoms with Crippen LogP contribution >= 0.6 is 35.0 Å². The van der Waals surface area contributed by atoms with Crippen molar-refractivity contribution in [2.24, 2.45) is 4.99 Å². The van der Waals surface area contributed by atoms with Gasteiger partial charge in [-0.2, -0.15) is 36.7 Å². The minimum absolute atomic E-state index is 0.0754. The normalized spacial score (nSPS) is 12.2. The molecule has 0 saturated carbocycles. The highest BCUT2D eigenvalue weighted by atomic mass is 35.5. The highest BCUT2D eigenvalue weighted by Gasteiger charge is 2.36. The molecule has 36 heavy (non-hydrogen) atoms. The van der Waals surface area contributed by atoms with Gasteiger partial charge in [-0.1, -0.05) is 23.2 Å². The van der Waals surface area contributed by atoms with Gasteiger partial charge in [0.2, 0.25) is 0 Å². The number of rotatable bonds is 6. The Labute approximate surface area is 213 Å². The van der Waals surface area contributed by atoms with Gasteiger partial charge in [0.25, 0.3) is 0 Å². The third-order valence-electron chi connectivity index (χ3n) is 4.32. The Balaban J connectivity index is 2.24. The monoisotopic (exact) mass is 568 g/mol. The zero-order valence-electron chi connectivity index (χ0n) is 17.7. The van der Waals surface area contributed by atoms with E-state index in [9.17, 15) is 36.7 Å². The van der Waals surface area contributed by atoms with Gasteiger partial charge in [0.05, 0.1) is 27.1 Å². The molecule has 15 heteroatoms. The van der Waals surface area contributed by atoms with Crippen molar-refractivity contribution >= 4 is 47.0 Å². The summed E-state index contributed by atoms with van der Waals surface area (Å²) in [5, 5.41) is 21.8. The largest absolute Gasteiger partial charge is 0.504 e. The molecule has 1 N–H and O–H groups in total. The lowest BCUT2D eigenvalue weighted by atomic mass is 10.2. The molecule has 190 valence electrons. The van der Waals surface area contributed by atoms with Gasteiger partial charge in [0.1, 0.15) is 11.8 Å². The van der Waals surface area contributed by atoms with Gasteiger partial charge in [-0.05, 0) is 54.6 Å². The number of aromatic nitrogens is 2. The Kier molecular flexibility index (Phi) is 8.02. The van der Waals surface area contributed by atoms with Crippen LogP contribution in [0.15, 0.2) is 40.2 Å². The second-order valence-electron chi connectivity index (χ2n) is 6.78. The van der Waals surface area contributed by atoms with Crippen molar-refractivity contribution in [1.29, 1.82) is 5.26 Å². The quantitative estimate of drug-likeness (QED) is 0.189. The molecule has 2 aromatic carbocycles. The molecule has 0 atom stereocenters. The van der Waals surface area contributed by atoms with Crippen molar-refractivity contribution in [3.63, 3.8) is 0 Å². The third-order valence-corrected chi connectivity index (χ3v) is 5.71. The summed E-state index contributed by atoms with van der Waals surface area (Å²) in [6.45, 7) is 1.88. The third kappa shape index (κ3) is 6.18. The predicted octanol–water partition coefficient (Wildman–Crippen LogP) is 7.54. The van der Waals surface area contributed by atoms with Crippen molar-refractivity contribution in [2.45, 2.75) is 23.5 Å². The highest BCUT2D eigenvalue weighted by molar-refractivity contribution is 8.00. The Morgan fingerprint density at radius 3 is 2.33 bits per heavy atom. The van der Waals surface area contributed by atoms with Crippen LogP contribution in [0.3, 0.4) is 0 Å². The van der Waals surface area contributed by atoms with Gasteiger partial charge in [0.15, 0.2) is 23.0 Å². The van der Waals surface area contributed by atoms with E-state index in [2.05, 4.69) is 10.1 Å². The summed E-state index contributed by atoms with van der Waals surface area (Å²) < 4.78 is 85.2. The van der Waals surface area contributed by atoms with E-state index in [4.69, 9.17) is 27.9 Å². The van der Waals surface area contributed by atoms with Gasteiger partial charge >= 0.3 is 11.7 Å². The lowest BCUT2D eigenvalue weighted by Gasteiger charge is -2.13. The lowest BCUT2D eigenvalue weighted by molar-refractivity contribution is -0.137. The van der Waals surface area contributed by atoms with Crippen LogP contribution in [0.2, 0.25) is 10.0 Å². The molecule has 3 rings (SSSR count). The number of halogens is 8. The molecule has 0 fully saturated rings. The Bertz CT molecular complexity index is 1340. The molecule has 0 spiro atoms. The summed E-state index contributed by atoms with van der Waals surface area (Å²) in [7, 11) is 0. The minimum Gasteiger partial charge on any atom is -0.504 e. The van der Waals surface area contributed by atoms with Crippen molar-refractivity contribution in [2.75, 3.05) is 6.61 Å². The van der Waals surface area contributed by atoms with Crippen molar-refractivity contribution in [3.05, 3.63) is 57.2 Å². The van der Waals surface area contributed by atoms with E-state index in [0.29, 0.717) is 16.8 Å². The van der Waals surface area contributed by atoms with Crippen molar-refractivity contribution in [3.8, 4) is 23.3 Å². The summed E-state index contributed by atoms with van der Waals surface area (Å²) >= 11 is 11.4. The van der Waals surface area contributed by atoms with Crippen LogP contribution in [0, 0.1) is 11.3 Å². The number of aromatic hydroxyl groups is 1. The maximum atomic E-state index is 13.3. The number of phenols is 1. The first-order valence-electron chi connectivity index (χ1n) is 9.60. The zero-order chi connectivity index (χ0) is 26.8. The first-order valence-corrected chi connectivity index (χ1v) is 11.2. The zero-order valence-corrected chi connectivity index (χ0v) is 20.1. The fraction of sp³-hybridized carbons (Fsp3) is 0.190. The molecule has 6 nitrogen and oxygen atoms in total. The van der Waals surface area contributed by atoms with Crippen LogP contribution in [0.4, 0.5) is 32.2 Å². The Morgan fingerprint density at radius 2 is 1.81 bits per heavy atom. The topological polar surface area (TPSA) is 83.4 Å². The summed E-state index contributed by atoms with van der Waals surface area (Å²) in [6.07, 6.45) is -3.72. The molecule has 1 aromatic heterocycles. The maximum absolute atomic E-state index is 13.3. The van der Waals surface area contributed by atoms with E-state index in [1.54, 1.807) is 6.92 Å². The molecule has 1 heterocycles. The van der Waals surface area contributed by atoms with Crippen molar-refractivity contribution in [1.82, 2.24) is 9.78 Å². The molecule has 0 bridgehead atoms. The van der Waals surface area contributed by atoms with Gasteiger partial charge in [-0.25, -0.2) is 9.67 Å². The smallest absolute Gasteiger partial charge is 0.446 e. The molecule has 0 radical (unpaired) electrons. The maximum Gasteiger partial charge on any atom is 0.446 e. The molecule has 0 unspecified atom stereocenters. The molecular formula is C21H12Cl2F6N4O2S. The van der Waals surface area contributed by atoms with Gasteiger partial charge < -0.3 is 9.84 Å². The van der Waals surface area contributed by atoms with Gasteiger partial charge in [-0.15, -0.1) is 0 Å². The number of thioether (sulfide) groups is 1. The fourth-order valence-electron chi connectivity index (χ4n) is 2.90. The SMILES string of the molecule is CCOc1cc(C=Nc2c(SC(F)(F)F)c(C#N)nn2-c2c(Cl)cc(C(F)(F)F)cc2Cl)ccc1O. The molecule has 0 aliphatic heterocycles. The summed E-state index contributed by atoms with van der Waals surface area (Å²) in [5.41, 5.74) is -6.91. The lowest BCUT2D eigenvalue weighted by Crippen LogP contribution is -2.07. The molecule has 0 saturated heterocycles. The van der Waals surface area contributed by atoms with E-state index in [1.165, 1.54) is 24.3 Å². The van der Waals surface area contributed by atoms with E-state index < -0.39 is 61.1 Å². The number of phenolic OH excluding ortho intramolecular Hbond substituents is 1. The molecular weight excluding hydrogens is 557 g/mol. The van der Waals surface area contributed by atoms with Gasteiger partial charge in [-0.3, -0.25) is 0 Å². The minimum atomic E-state index is -4.86. The number of nitrogens with zero attached hydrogens (tertiary/aromatic N) is 4. The molecule has 0 aliphatic rings. The number of ether oxygens (including phenoxy) is 1. The predicted molar refractivity (Wildman–Crippen MR) is 122 cm³/mol. The molecule has 0 aliphatic carbocycles. The highest BCUT2D eigenvalue weighted by Crippen LogP contribution is 2.46. The molecule has 0 amide bonds. The Morgan fingerprint density at radius 1 is 1.17 bits per heavy atom. The number of nitriles is 1. The van der Waals surface area contributed by atoms with E-state index >= 15 is 0 Å². The van der Waals surface area contributed by atoms with Crippen LogP contribution in [0.5, 0.6) is 11.5 Å². The van der Waals surface area contributed by atoms with E-state index in [-0.39, 0.29) is 23.7 Å². The number of benzene rings is 2. The van der Waals surface area contributed by atoms with E-state index in [0.717, 1.165) is 6.21 Å². The summed E-state index contributed by atoms with van der Waals surface area (Å²) in [5.74, 6) is -0.683. The van der Waals surface area contributed by atoms with E-state index in [1.807, 2.05) is 0 Å².